The van der Waals surface area contributed by atoms with Gasteiger partial charge in [0, 0.05) is 45.5 Å². The normalized spacial score (nSPS) is 13.5. The number of hydrogen-bond donors (Lipinski definition) is 1. The van der Waals surface area contributed by atoms with E-state index in [-0.39, 0.29) is 17.9 Å². The number of aromatic nitrogens is 4. The number of nitrogens with zero attached hydrogens (tertiary/aromatic N) is 3. The zero-order valence-corrected chi connectivity index (χ0v) is 17.1. The molecule has 172 valence electrons. The third-order valence-electron chi connectivity index (χ3n) is 4.76. The molecule has 3 heterocycles. The van der Waals surface area contributed by atoms with Gasteiger partial charge >= 0.3 is 0 Å². The highest BCUT2D eigenvalue weighted by molar-refractivity contribution is 5.96. The quantitative estimate of drug-likeness (QED) is 0.346. The van der Waals surface area contributed by atoms with Crippen molar-refractivity contribution in [3.05, 3.63) is 49.2 Å². The van der Waals surface area contributed by atoms with Crippen molar-refractivity contribution < 1.29 is 28.8 Å². The predicted molar refractivity (Wildman–Crippen MR) is 112 cm³/mol. The van der Waals surface area contributed by atoms with Gasteiger partial charge < -0.3 is 9.72 Å². The van der Waals surface area contributed by atoms with Gasteiger partial charge in [0.1, 0.15) is 17.6 Å². The van der Waals surface area contributed by atoms with Gasteiger partial charge in [-0.2, -0.15) is 4.98 Å². The number of nitrogens with one attached hydrogen (secondary N) is 1. The van der Waals surface area contributed by atoms with E-state index in [1.54, 1.807) is 25.3 Å². The Morgan fingerprint density at radius 1 is 1.16 bits per heavy atom. The molecule has 0 bridgehead atoms. The molecule has 3 aromatic heterocycles. The van der Waals surface area contributed by atoms with Crippen LogP contribution in [0.3, 0.4) is 0 Å². The first-order chi connectivity index (χ1) is 14.6. The molecule has 4 rings (SSSR count). The summed E-state index contributed by atoms with van der Waals surface area (Å²) in [6.45, 7) is 7.78. The van der Waals surface area contributed by atoms with Gasteiger partial charge in [0.05, 0.1) is 5.69 Å². The van der Waals surface area contributed by atoms with Gasteiger partial charge in [-0.15, -0.1) is 13.2 Å². The van der Waals surface area contributed by atoms with Crippen LogP contribution < -0.4 is 4.74 Å². The molecule has 1 aliphatic carbocycles. The van der Waals surface area contributed by atoms with Crippen molar-refractivity contribution in [1.82, 2.24) is 19.9 Å². The number of rotatable bonds is 4. The van der Waals surface area contributed by atoms with E-state index < -0.39 is 6.43 Å². The largest absolute Gasteiger partial charge is 0.474 e. The Balaban J connectivity index is 0.00000152. The van der Waals surface area contributed by atoms with E-state index in [4.69, 9.17) is 13.9 Å². The van der Waals surface area contributed by atoms with Gasteiger partial charge in [0.25, 0.3) is 6.43 Å². The number of ether oxygens (including phenoxy) is 1. The maximum Gasteiger partial charge on any atom is 0.281 e. The van der Waals surface area contributed by atoms with Crippen molar-refractivity contribution in [3.8, 4) is 17.1 Å². The highest BCUT2D eigenvalue weighted by atomic mass is 20.0. The van der Waals surface area contributed by atoms with Crippen molar-refractivity contribution in [2.75, 3.05) is 0 Å². The number of alkyl halides is 2. The molecule has 0 unspecified atom stereocenters. The van der Waals surface area contributed by atoms with E-state index >= 15 is 0 Å². The molecule has 1 aliphatic rings. The summed E-state index contributed by atoms with van der Waals surface area (Å²) >= 11 is 0. The molecule has 1 N–H and O–H groups in total. The molecule has 0 spiro atoms. The van der Waals surface area contributed by atoms with E-state index in [1.165, 1.54) is 12.6 Å². The minimum absolute atomic E-state index is 0. The van der Waals surface area contributed by atoms with Gasteiger partial charge in [0.2, 0.25) is 5.88 Å². The van der Waals surface area contributed by atoms with Gasteiger partial charge in [-0.05, 0) is 38.7 Å². The summed E-state index contributed by atoms with van der Waals surface area (Å²) in [7, 11) is 0. The van der Waals surface area contributed by atoms with Crippen LogP contribution in [0.15, 0.2) is 37.7 Å². The third-order valence-corrected chi connectivity index (χ3v) is 4.76. The molecule has 0 saturated heterocycles. The van der Waals surface area contributed by atoms with Crippen LogP contribution in [0, 0.1) is 6.92 Å². The summed E-state index contributed by atoms with van der Waals surface area (Å²) in [6, 6.07) is 3.41. The molecule has 3 aromatic rings. The third kappa shape index (κ3) is 6.22. The van der Waals surface area contributed by atoms with Crippen LogP contribution in [0.2, 0.25) is 0 Å². The molecule has 0 radical (unpaired) electrons. The maximum absolute atomic E-state index is 13.4. The first kappa shape index (κ1) is 26.0. The number of aromatic amines is 1. The second kappa shape index (κ2) is 12.6. The van der Waals surface area contributed by atoms with Crippen LogP contribution in [0.5, 0.6) is 5.88 Å². The summed E-state index contributed by atoms with van der Waals surface area (Å²) in [5.74, 6) is 1.04. The molecule has 31 heavy (non-hydrogen) atoms. The summed E-state index contributed by atoms with van der Waals surface area (Å²) < 4.78 is 48.8. The van der Waals surface area contributed by atoms with Crippen LogP contribution in [-0.2, 0) is 0 Å². The second-order valence-corrected chi connectivity index (χ2v) is 6.64. The Hall–Kier alpha value is -3.04. The molecular formula is C21H27F5N4O. The Bertz CT molecular complexity index is 951. The topological polar surface area (TPSA) is 63.7 Å². The number of aryl methyl sites for hydroxylation is 1. The number of H-pyrrole nitrogens is 1. The summed E-state index contributed by atoms with van der Waals surface area (Å²) in [5, 5.41) is 0.393. The minimum atomic E-state index is -2.66. The highest BCUT2D eigenvalue weighted by Crippen LogP contribution is 2.34. The monoisotopic (exact) mass is 446 g/mol. The lowest BCUT2D eigenvalue weighted by molar-refractivity contribution is 0.108. The Morgan fingerprint density at radius 3 is 2.48 bits per heavy atom. The Morgan fingerprint density at radius 2 is 1.84 bits per heavy atom. The van der Waals surface area contributed by atoms with E-state index in [2.05, 4.69) is 33.1 Å². The van der Waals surface area contributed by atoms with E-state index in [0.29, 0.717) is 33.9 Å². The number of halogens is 5. The van der Waals surface area contributed by atoms with Crippen LogP contribution in [0.4, 0.5) is 22.6 Å². The van der Waals surface area contributed by atoms with E-state index in [1.807, 2.05) is 0 Å². The fourth-order valence-electron chi connectivity index (χ4n) is 3.56. The maximum atomic E-state index is 13.4. The molecule has 0 atom stereocenters. The van der Waals surface area contributed by atoms with Gasteiger partial charge in [-0.25, -0.2) is 13.8 Å². The smallest absolute Gasteiger partial charge is 0.281 e. The molecule has 5 nitrogen and oxygen atoms in total. The van der Waals surface area contributed by atoms with Crippen molar-refractivity contribution in [2.24, 2.45) is 0 Å². The lowest BCUT2D eigenvalue weighted by Crippen LogP contribution is -2.20. The molecular weight excluding hydrogens is 419 g/mol. The molecule has 10 heteroatoms. The minimum Gasteiger partial charge on any atom is -0.474 e. The lowest BCUT2D eigenvalue weighted by atomic mass is 9.98. The first-order valence-corrected chi connectivity index (χ1v) is 9.53. The summed E-state index contributed by atoms with van der Waals surface area (Å²) in [4.78, 5) is 15.7. The van der Waals surface area contributed by atoms with Crippen molar-refractivity contribution in [3.63, 3.8) is 0 Å². The average Bonchev–Trinajstić information content (AvgIpc) is 3.21. The second-order valence-electron chi connectivity index (χ2n) is 6.64. The average molecular weight is 446 g/mol. The lowest BCUT2D eigenvalue weighted by Gasteiger charge is -2.22. The fourth-order valence-corrected chi connectivity index (χ4v) is 3.56. The summed E-state index contributed by atoms with van der Waals surface area (Å²) in [6.07, 6.45) is 6.17. The van der Waals surface area contributed by atoms with Crippen LogP contribution in [0.1, 0.15) is 51.5 Å². The number of hydrogen-bond acceptors (Lipinski definition) is 4. The first-order valence-electron chi connectivity index (χ1n) is 9.53. The highest BCUT2D eigenvalue weighted by Gasteiger charge is 2.21. The van der Waals surface area contributed by atoms with Crippen LogP contribution in [-0.4, -0.2) is 26.0 Å². The van der Waals surface area contributed by atoms with Crippen molar-refractivity contribution >= 4 is 10.9 Å². The Labute approximate surface area is 178 Å². The fraction of sp³-hybridized carbons (Fsp3) is 0.381. The van der Waals surface area contributed by atoms with E-state index in [0.717, 1.165) is 25.7 Å². The zero-order chi connectivity index (χ0) is 22.1. The predicted octanol–water partition coefficient (Wildman–Crippen LogP) is 7.02. The molecule has 0 aromatic carbocycles. The Kier molecular flexibility index (Phi) is 10.6. The standard InChI is InChI=1S/C19H20F2N4O.C2H4.F2.FH.H2/c1-11-24-15(9-16(25-11)26-12-5-3-2-4-6-12)13-10-23-14-7-8-22-18(17(13)14)19(20)21;2*1-2;;/h7-10,12,19,23H,2-6H2,1H3;1-2H2;;2*1H. The van der Waals surface area contributed by atoms with Gasteiger partial charge in [0.15, 0.2) is 0 Å². The number of fused-ring (bicyclic) bond motifs is 1. The summed E-state index contributed by atoms with van der Waals surface area (Å²) in [5.41, 5.74) is 1.51. The SMILES string of the molecule is C=C.Cc1nc(OC2CCCCC2)cc(-c2c[nH]c3ccnc(C(F)F)c23)n1.F.FF.[HH]. The van der Waals surface area contributed by atoms with Gasteiger partial charge in [-0.1, -0.05) is 6.42 Å². The molecule has 1 saturated carbocycles. The molecule has 1 fully saturated rings. The molecule has 0 amide bonds. The van der Waals surface area contributed by atoms with Crippen LogP contribution in [0.25, 0.3) is 22.2 Å². The van der Waals surface area contributed by atoms with E-state index in [9.17, 15) is 8.78 Å². The zero-order valence-electron chi connectivity index (χ0n) is 17.1. The number of pyridine rings is 1. The van der Waals surface area contributed by atoms with Crippen LogP contribution >= 0.6 is 0 Å². The van der Waals surface area contributed by atoms with Crippen molar-refractivity contribution in [2.45, 2.75) is 51.6 Å². The molecule has 0 aliphatic heterocycles. The van der Waals surface area contributed by atoms with Crippen molar-refractivity contribution in [1.29, 1.82) is 0 Å². The van der Waals surface area contributed by atoms with Gasteiger partial charge in [-0.3, -0.25) is 9.69 Å².